The number of hydrogen-bond donors (Lipinski definition) is 1. The zero-order valence-corrected chi connectivity index (χ0v) is 16.1. The summed E-state index contributed by atoms with van der Waals surface area (Å²) >= 11 is 0. The number of nitrogens with one attached hydrogen (secondary N) is 1. The summed E-state index contributed by atoms with van der Waals surface area (Å²) in [6.07, 6.45) is 1.65. The predicted molar refractivity (Wildman–Crippen MR) is 117 cm³/mol. The Balaban J connectivity index is 1.43. The van der Waals surface area contributed by atoms with Crippen LogP contribution in [-0.4, -0.2) is 27.7 Å². The number of aromatic nitrogens is 3. The van der Waals surface area contributed by atoms with Gasteiger partial charge < -0.3 is 10.1 Å². The average molecular weight is 393 g/mol. The van der Waals surface area contributed by atoms with E-state index in [9.17, 15) is 0 Å². The standard InChI is InChI=1S/C24H19N5O/c1-3-9-17(10-4-1)21-15-25-29-24(28-21)27-20-14-8-7-13-19(20)23-26-22(16-30-23)18-11-5-2-6-12-18/h1-15,22H,16H2,(H,27,28,29)/t22-/m1/s1. The van der Waals surface area contributed by atoms with Gasteiger partial charge >= 0.3 is 0 Å². The van der Waals surface area contributed by atoms with E-state index in [4.69, 9.17) is 9.73 Å². The van der Waals surface area contributed by atoms with Crippen molar-refractivity contribution in [2.24, 2.45) is 4.99 Å². The van der Waals surface area contributed by atoms with Gasteiger partial charge in [0, 0.05) is 5.56 Å². The third kappa shape index (κ3) is 3.75. The molecule has 0 unspecified atom stereocenters. The van der Waals surface area contributed by atoms with E-state index in [0.29, 0.717) is 18.5 Å². The summed E-state index contributed by atoms with van der Waals surface area (Å²) in [6, 6.07) is 27.9. The van der Waals surface area contributed by atoms with Crippen molar-refractivity contribution in [1.82, 2.24) is 15.2 Å². The first-order chi connectivity index (χ1) is 14.9. The van der Waals surface area contributed by atoms with Crippen molar-refractivity contribution in [3.05, 3.63) is 102 Å². The van der Waals surface area contributed by atoms with E-state index >= 15 is 0 Å². The molecule has 6 nitrogen and oxygen atoms in total. The number of anilines is 2. The highest BCUT2D eigenvalue weighted by Crippen LogP contribution is 2.28. The van der Waals surface area contributed by atoms with Crippen molar-refractivity contribution in [2.45, 2.75) is 6.04 Å². The summed E-state index contributed by atoms with van der Waals surface area (Å²) in [7, 11) is 0. The van der Waals surface area contributed by atoms with Crippen molar-refractivity contribution in [3.8, 4) is 11.3 Å². The van der Waals surface area contributed by atoms with Crippen LogP contribution in [-0.2, 0) is 4.74 Å². The first kappa shape index (κ1) is 18.0. The van der Waals surface area contributed by atoms with Gasteiger partial charge in [0.15, 0.2) is 0 Å². The number of para-hydroxylation sites is 1. The zero-order valence-electron chi connectivity index (χ0n) is 16.1. The first-order valence-electron chi connectivity index (χ1n) is 9.74. The van der Waals surface area contributed by atoms with Crippen LogP contribution in [0, 0.1) is 0 Å². The second kappa shape index (κ2) is 8.13. The minimum Gasteiger partial charge on any atom is -0.475 e. The average Bonchev–Trinajstić information content (AvgIpc) is 3.31. The highest BCUT2D eigenvalue weighted by molar-refractivity contribution is 6.01. The molecule has 6 heteroatoms. The van der Waals surface area contributed by atoms with Crippen molar-refractivity contribution in [1.29, 1.82) is 0 Å². The van der Waals surface area contributed by atoms with Crippen LogP contribution >= 0.6 is 0 Å². The van der Waals surface area contributed by atoms with Gasteiger partial charge in [-0.15, -0.1) is 5.10 Å². The molecule has 0 spiro atoms. The lowest BCUT2D eigenvalue weighted by Crippen LogP contribution is -2.07. The van der Waals surface area contributed by atoms with E-state index in [2.05, 4.69) is 32.6 Å². The van der Waals surface area contributed by atoms with E-state index in [-0.39, 0.29) is 6.04 Å². The lowest BCUT2D eigenvalue weighted by molar-refractivity contribution is 0.320. The fourth-order valence-corrected chi connectivity index (χ4v) is 3.37. The highest BCUT2D eigenvalue weighted by atomic mass is 16.5. The second-order valence-corrected chi connectivity index (χ2v) is 6.87. The predicted octanol–water partition coefficient (Wildman–Crippen LogP) is 4.80. The van der Waals surface area contributed by atoms with E-state index in [1.54, 1.807) is 6.20 Å². The van der Waals surface area contributed by atoms with Crippen LogP contribution in [0.2, 0.25) is 0 Å². The molecule has 0 saturated carbocycles. The maximum atomic E-state index is 5.93. The Labute approximate surface area is 174 Å². The number of aliphatic imine (C=N–C) groups is 1. The zero-order chi connectivity index (χ0) is 20.2. The largest absolute Gasteiger partial charge is 0.475 e. The Morgan fingerprint density at radius 1 is 0.833 bits per heavy atom. The number of ether oxygens (including phenoxy) is 1. The van der Waals surface area contributed by atoms with Gasteiger partial charge in [0.1, 0.15) is 12.6 Å². The molecule has 0 aliphatic carbocycles. The highest BCUT2D eigenvalue weighted by Gasteiger charge is 2.23. The van der Waals surface area contributed by atoms with Crippen LogP contribution in [0.25, 0.3) is 11.3 Å². The molecule has 0 amide bonds. The fraction of sp³-hybridized carbons (Fsp3) is 0.0833. The molecule has 1 aliphatic heterocycles. The molecule has 4 aromatic rings. The summed E-state index contributed by atoms with van der Waals surface area (Å²) in [5, 5.41) is 11.5. The Hall–Kier alpha value is -4.06. The van der Waals surface area contributed by atoms with Gasteiger partial charge in [-0.3, -0.25) is 0 Å². The molecule has 30 heavy (non-hydrogen) atoms. The van der Waals surface area contributed by atoms with Crippen LogP contribution in [0.1, 0.15) is 17.2 Å². The molecule has 1 aromatic heterocycles. The Bertz CT molecular complexity index is 1180. The van der Waals surface area contributed by atoms with Gasteiger partial charge in [0.25, 0.3) is 0 Å². The van der Waals surface area contributed by atoms with Crippen LogP contribution < -0.4 is 5.32 Å². The van der Waals surface area contributed by atoms with E-state index < -0.39 is 0 Å². The molecule has 0 saturated heterocycles. The summed E-state index contributed by atoms with van der Waals surface area (Å²) in [5.74, 6) is 1.03. The molecule has 2 heterocycles. The smallest absolute Gasteiger partial charge is 0.247 e. The van der Waals surface area contributed by atoms with E-state index in [1.165, 1.54) is 0 Å². The monoisotopic (exact) mass is 393 g/mol. The van der Waals surface area contributed by atoms with Gasteiger partial charge in [0.05, 0.1) is 23.1 Å². The Morgan fingerprint density at radius 3 is 2.40 bits per heavy atom. The Morgan fingerprint density at radius 2 is 1.57 bits per heavy atom. The van der Waals surface area contributed by atoms with Crippen molar-refractivity contribution >= 4 is 17.5 Å². The lowest BCUT2D eigenvalue weighted by Gasteiger charge is -2.10. The van der Waals surface area contributed by atoms with E-state index in [0.717, 1.165) is 28.1 Å². The van der Waals surface area contributed by atoms with Crippen LogP contribution in [0.3, 0.4) is 0 Å². The fourth-order valence-electron chi connectivity index (χ4n) is 3.37. The van der Waals surface area contributed by atoms with E-state index in [1.807, 2.05) is 72.8 Å². The normalized spacial score (nSPS) is 15.3. The minimum atomic E-state index is -0.00594. The molecule has 0 fully saturated rings. The summed E-state index contributed by atoms with van der Waals surface area (Å²) < 4.78 is 5.93. The third-order valence-corrected chi connectivity index (χ3v) is 4.87. The molecule has 146 valence electrons. The summed E-state index contributed by atoms with van der Waals surface area (Å²) in [4.78, 5) is 9.40. The van der Waals surface area contributed by atoms with Crippen LogP contribution in [0.5, 0.6) is 0 Å². The van der Waals surface area contributed by atoms with Crippen molar-refractivity contribution in [2.75, 3.05) is 11.9 Å². The summed E-state index contributed by atoms with van der Waals surface area (Å²) in [6.45, 7) is 0.523. The topological polar surface area (TPSA) is 72.3 Å². The maximum absolute atomic E-state index is 5.93. The van der Waals surface area contributed by atoms with Gasteiger partial charge in [-0.2, -0.15) is 5.10 Å². The molecule has 1 N–H and O–H groups in total. The molecule has 1 atom stereocenters. The van der Waals surface area contributed by atoms with Crippen LogP contribution in [0.15, 0.2) is 96.1 Å². The Kier molecular flexibility index (Phi) is 4.88. The molecular formula is C24H19N5O. The summed E-state index contributed by atoms with van der Waals surface area (Å²) in [5.41, 5.74) is 4.56. The van der Waals surface area contributed by atoms with Crippen molar-refractivity contribution < 1.29 is 4.74 Å². The van der Waals surface area contributed by atoms with Gasteiger partial charge in [0.2, 0.25) is 11.8 Å². The molecular weight excluding hydrogens is 374 g/mol. The van der Waals surface area contributed by atoms with Crippen molar-refractivity contribution in [3.63, 3.8) is 0 Å². The number of nitrogens with zero attached hydrogens (tertiary/aromatic N) is 4. The van der Waals surface area contributed by atoms with Gasteiger partial charge in [-0.1, -0.05) is 72.8 Å². The molecule has 5 rings (SSSR count). The lowest BCUT2D eigenvalue weighted by atomic mass is 10.1. The number of benzene rings is 3. The quantitative estimate of drug-likeness (QED) is 0.527. The minimum absolute atomic E-state index is 0.00594. The molecule has 3 aromatic carbocycles. The van der Waals surface area contributed by atoms with Gasteiger partial charge in [-0.25, -0.2) is 9.98 Å². The first-order valence-corrected chi connectivity index (χ1v) is 9.74. The number of hydrogen-bond acceptors (Lipinski definition) is 6. The number of rotatable bonds is 5. The maximum Gasteiger partial charge on any atom is 0.247 e. The SMILES string of the molecule is c1ccc(-c2cnnc(Nc3ccccc3C3=N[C@@H](c4ccccc4)CO3)n2)cc1. The molecule has 0 radical (unpaired) electrons. The van der Waals surface area contributed by atoms with Crippen LogP contribution in [0.4, 0.5) is 11.6 Å². The van der Waals surface area contributed by atoms with Gasteiger partial charge in [-0.05, 0) is 17.7 Å². The second-order valence-electron chi connectivity index (χ2n) is 6.87. The molecule has 1 aliphatic rings. The molecule has 0 bridgehead atoms. The third-order valence-electron chi connectivity index (χ3n) is 4.87.